The Morgan fingerprint density at radius 3 is 1.04 bits per heavy atom. The van der Waals surface area contributed by atoms with E-state index in [2.05, 4.69) is 59.8 Å². The largest absolute Gasteiger partial charge is 0.472 e. The molecule has 0 radical (unpaired) electrons. The van der Waals surface area contributed by atoms with Gasteiger partial charge in [-0.15, -0.1) is 0 Å². The summed E-state index contributed by atoms with van der Waals surface area (Å²) in [6.45, 7) is -7.81. The lowest BCUT2D eigenvalue weighted by Gasteiger charge is -2.27. The van der Waals surface area contributed by atoms with E-state index in [-0.39, 0.29) is 28.3 Å². The van der Waals surface area contributed by atoms with Crippen molar-refractivity contribution in [2.45, 2.75) is 147 Å². The van der Waals surface area contributed by atoms with Gasteiger partial charge in [0.25, 0.3) is 16.7 Å². The Morgan fingerprint density at radius 1 is 0.365 bits per heavy atom. The van der Waals surface area contributed by atoms with Gasteiger partial charge in [0.1, 0.15) is 133 Å². The number of aliphatic hydroxyl groups excluding tert-OH is 8. The number of ether oxygens (including phenoxy) is 6. The average Bonchev–Trinajstić information content (AvgIpc) is 1.62. The van der Waals surface area contributed by atoms with Gasteiger partial charge in [0.15, 0.2) is 65.3 Å². The third-order valence-electron chi connectivity index (χ3n) is 19.9. The van der Waals surface area contributed by atoms with E-state index < -0.39 is 300 Å². The van der Waals surface area contributed by atoms with E-state index >= 15 is 0 Å². The van der Waals surface area contributed by atoms with Crippen molar-refractivity contribution in [1.82, 2.24) is 87.2 Å². The summed E-state index contributed by atoms with van der Waals surface area (Å²) in [7, 11) is -29.4. The molecule has 15 rings (SSSR count). The van der Waals surface area contributed by atoms with Gasteiger partial charge in [-0.1, -0.05) is 0 Å². The second kappa shape index (κ2) is 35.2. The van der Waals surface area contributed by atoms with Crippen LogP contribution in [0, 0.1) is 0 Å². The van der Waals surface area contributed by atoms with Crippen LogP contribution in [0.3, 0.4) is 0 Å². The molecule has 0 aliphatic carbocycles. The van der Waals surface area contributed by atoms with Gasteiger partial charge in [0, 0.05) is 24.7 Å². The fourth-order valence-electron chi connectivity index (χ4n) is 14.2. The maximum absolute atomic E-state index is 14.5. The van der Waals surface area contributed by atoms with E-state index in [0.717, 1.165) is 78.6 Å². The lowest BCUT2D eigenvalue weighted by Crippen LogP contribution is -2.39. The van der Waals surface area contributed by atoms with Gasteiger partial charge in [-0.3, -0.25) is 102 Å². The first-order valence-electron chi connectivity index (χ1n) is 36.2. The number of anilines is 6. The van der Waals surface area contributed by atoms with Gasteiger partial charge in [0.05, 0.1) is 58.6 Å². The number of hydrogen-bond acceptors (Lipinski definition) is 50. The number of phosphoric acid groups is 5. The first-order chi connectivity index (χ1) is 59.3. The zero-order valence-electron chi connectivity index (χ0n) is 63.0. The van der Waals surface area contributed by atoms with Gasteiger partial charge >= 0.3 is 56.2 Å². The van der Waals surface area contributed by atoms with Crippen molar-refractivity contribution in [3.8, 4) is 0 Å². The Morgan fingerprint density at radius 2 is 0.675 bits per heavy atom. The minimum Gasteiger partial charge on any atom is -0.394 e. The number of imidazole rings is 3. The highest BCUT2D eigenvalue weighted by molar-refractivity contribution is 7.48. The maximum atomic E-state index is 14.5. The van der Waals surface area contributed by atoms with Gasteiger partial charge in [-0.2, -0.15) is 29.9 Å². The van der Waals surface area contributed by atoms with Crippen molar-refractivity contribution in [3.63, 3.8) is 0 Å². The number of nitrogen functional groups attached to an aromatic ring is 6. The van der Waals surface area contributed by atoms with Crippen molar-refractivity contribution in [2.75, 3.05) is 74.0 Å². The highest BCUT2D eigenvalue weighted by atomic mass is 31.2. The second-order valence-corrected chi connectivity index (χ2v) is 35.2. The summed E-state index contributed by atoms with van der Waals surface area (Å²) >= 11 is 0. The van der Waals surface area contributed by atoms with Crippen molar-refractivity contribution in [2.24, 2.45) is 0 Å². The van der Waals surface area contributed by atoms with Crippen LogP contribution in [0.5, 0.6) is 0 Å². The predicted octanol–water partition coefficient (Wildman–Crippen LogP) is -9.94. The molecule has 126 heavy (non-hydrogen) atoms. The number of aliphatic hydroxyl groups is 8. The molecule has 0 bridgehead atoms. The molecule has 6 aliphatic rings. The van der Waals surface area contributed by atoms with Crippen LogP contribution >= 0.6 is 39.1 Å². The number of phosphoric ester groups is 5. The number of rotatable bonds is 32. The minimum absolute atomic E-state index is 0.227. The van der Waals surface area contributed by atoms with Crippen LogP contribution in [0.2, 0.25) is 0 Å². The van der Waals surface area contributed by atoms with E-state index in [1.807, 2.05) is 0 Å². The van der Waals surface area contributed by atoms with Crippen LogP contribution in [0.15, 0.2) is 84.5 Å². The number of fused-ring (bicyclic) bond motifs is 3. The molecule has 0 aromatic carbocycles. The lowest BCUT2D eigenvalue weighted by atomic mass is 10.1. The normalized spacial score (nSPS) is 32.4. The van der Waals surface area contributed by atoms with Gasteiger partial charge < -0.3 is 128 Å². The molecular formula is C57H73N24O40P5. The Labute approximate surface area is 694 Å². The molecule has 0 amide bonds. The molecule has 686 valence electrons. The Bertz CT molecular complexity index is 6260. The molecule has 69 heteroatoms. The maximum Gasteiger partial charge on any atom is 0.472 e. The van der Waals surface area contributed by atoms with Crippen LogP contribution in [-0.4, -0.2) is 302 Å². The monoisotopic (exact) mass is 1890 g/mol. The summed E-state index contributed by atoms with van der Waals surface area (Å²) in [6, 6.07) is 2.97. The fraction of sp³-hybridized carbons (Fsp3) is 0.526. The van der Waals surface area contributed by atoms with E-state index in [1.54, 1.807) is 0 Å². The quantitative estimate of drug-likeness (QED) is 0.0174. The molecule has 6 saturated heterocycles. The summed E-state index contributed by atoms with van der Waals surface area (Å²) in [4.78, 5) is 174. The van der Waals surface area contributed by atoms with E-state index in [0.29, 0.717) is 4.57 Å². The minimum atomic E-state index is -6.04. The Balaban J connectivity index is 0.658. The fourth-order valence-corrected chi connectivity index (χ4v) is 19.0. The molecule has 15 heterocycles. The second-order valence-electron chi connectivity index (χ2n) is 28.1. The number of nitrogens with zero attached hydrogens (tertiary/aromatic N) is 15. The first kappa shape index (κ1) is 91.2. The Hall–Kier alpha value is -9.52. The summed E-state index contributed by atoms with van der Waals surface area (Å²) in [5.41, 5.74) is 26.6. The topological polar surface area (TPSA) is 948 Å². The molecule has 9 aromatic rings. The van der Waals surface area contributed by atoms with Crippen LogP contribution in [0.1, 0.15) is 37.4 Å². The van der Waals surface area contributed by atoms with Crippen LogP contribution < -0.4 is 68.1 Å². The zero-order chi connectivity index (χ0) is 90.6. The lowest BCUT2D eigenvalue weighted by molar-refractivity contribution is -0.0658. The van der Waals surface area contributed by atoms with Gasteiger partial charge in [0.2, 0.25) is 17.8 Å². The molecular weight excluding hydrogens is 1820 g/mol. The molecule has 6 fully saturated rings. The average molecular weight is 1890 g/mol. The number of aromatic amines is 3. The standard InChI is InChI=1S/C57H73N24O40P5/c58-22-1-4-77(56(94)67-22)46-29(85)28(84)17(112-46)8-106-122(96,97)119-37-19(114-48(32(37)88)78-5-2-23(59)68-57(78)95)10-109-126(104,105)120-38-20(115-50(33(38)89)79-13-64-25-40(60)70-55(93)73-41(25)79)12-110-124(100,101)118-36-18(113-47(31(36)87)76-6-3-24(83)69-54(76)63)9-108-125(102,103)121-39-21(116-51(34(39)90)81-15-66-27-43(81)72-53(62)75-45(27)92)11-107-123(98,99)117-35-16(7-82)111-49(30(35)86)80-14-65-26-42(80)71-52(61)74-44(26)91/h1-6,13-21,28-39,46-51,82,84-90H,7-12H2,(H,96,97)(H,98,99)(H,100,101)(H,102,103)(H,104,105)(H2,58,67,94)(H2,59,68,95)(H2,63,69,83)(H3,60,70,73,93)(H3,61,71,74,91)(H3,62,72,75,92)/t16-,17-,18-,19-,20-,21-,28-,29-,30-,31-,32-,33-,34-,35-,36-,37-,38-,39-,46-,47-,48-,49-,50-,51-/m1/s1. The highest BCUT2D eigenvalue weighted by Crippen LogP contribution is 2.57. The molecule has 6 aliphatic heterocycles. The van der Waals surface area contributed by atoms with Crippen molar-refractivity contribution in [3.05, 3.63) is 118 Å². The molecule has 5 unspecified atom stereocenters. The zero-order valence-corrected chi connectivity index (χ0v) is 67.5. The van der Waals surface area contributed by atoms with E-state index in [1.165, 1.54) is 0 Å². The van der Waals surface area contributed by atoms with E-state index in [9.17, 15) is 117 Å². The molecule has 28 N–H and O–H groups in total. The summed E-state index contributed by atoms with van der Waals surface area (Å²) < 4.78 is 164. The molecule has 29 atom stereocenters. The van der Waals surface area contributed by atoms with Crippen LogP contribution in [0.4, 0.5) is 35.3 Å². The number of aromatic nitrogens is 18. The number of nitrogens with two attached hydrogens (primary N) is 6. The predicted molar refractivity (Wildman–Crippen MR) is 402 cm³/mol. The smallest absolute Gasteiger partial charge is 0.394 e. The third kappa shape index (κ3) is 18.6. The van der Waals surface area contributed by atoms with Crippen molar-refractivity contribution >= 4 is 108 Å². The van der Waals surface area contributed by atoms with Crippen LogP contribution in [0.25, 0.3) is 33.5 Å². The first-order valence-corrected chi connectivity index (χ1v) is 43.6. The van der Waals surface area contributed by atoms with Crippen molar-refractivity contribution < 1.29 is 162 Å². The molecule has 0 saturated carbocycles. The number of H-pyrrole nitrogens is 3. The summed E-state index contributed by atoms with van der Waals surface area (Å²) in [5.74, 6) is -2.61. The third-order valence-corrected chi connectivity index (χ3v) is 24.9. The molecule has 0 spiro atoms. The SMILES string of the molecule is Nc1ccn([C@@H]2O[C@H](COP(=O)(O)O[C@H]3[C@@H](O)[C@H](n4ccc(N)nc4=O)O[C@@H]3COP(=O)(O)O[C@H]3[C@@H](O)[C@H](n4cnc5c(N)[nH]c(=O)nc54)O[C@@H]3COP(=O)(O)O[C@H]3[C@@H](O)[C@H](n4ccc(=O)nc4N)O[C@@H]3COP(=O)(O)O[C@H]3[C@@H](O)[C@H](n4cnc5c(=O)[nH]c(N)nc54)O[C@@H]3COP(=O)(O)O[C@H]3[C@@H](O)[C@H](n4cnc5c(=O)[nH]c(N)nc54)O[C@@H]3CO)[C@@H](O)[C@H]2O)c(=O)n1. The van der Waals surface area contributed by atoms with Crippen molar-refractivity contribution in [1.29, 1.82) is 0 Å². The number of hydrogen-bond donors (Lipinski definition) is 22. The summed E-state index contributed by atoms with van der Waals surface area (Å²) in [5, 5.41) is 91.1. The van der Waals surface area contributed by atoms with Gasteiger partial charge in [-0.25, -0.2) is 52.2 Å². The molecule has 9 aromatic heterocycles. The Kier molecular flexibility index (Phi) is 25.5. The molecule has 64 nitrogen and oxygen atoms in total. The highest BCUT2D eigenvalue weighted by Gasteiger charge is 2.58. The summed E-state index contributed by atoms with van der Waals surface area (Å²) in [6.07, 6.45) is -44.4. The van der Waals surface area contributed by atoms with Crippen LogP contribution in [-0.2, 0) is 96.5 Å². The van der Waals surface area contributed by atoms with Gasteiger partial charge in [-0.05, 0) is 12.1 Å². The number of nitrogens with one attached hydrogen (secondary N) is 3. The van der Waals surface area contributed by atoms with E-state index in [4.69, 9.17) is 108 Å².